The van der Waals surface area contributed by atoms with E-state index in [0.717, 1.165) is 16.7 Å². The van der Waals surface area contributed by atoms with Gasteiger partial charge in [0.2, 0.25) is 0 Å². The minimum atomic E-state index is -0.822. The molecule has 4 aromatic rings. The number of ketones is 1. The maximum absolute atomic E-state index is 13.6. The molecule has 2 aliphatic heterocycles. The number of aliphatic hydroxyl groups excluding tert-OH is 1. The average molecular weight is 783 g/mol. The number of rotatable bonds is 9. The average Bonchev–Trinajstić information content (AvgIpc) is 3.24. The lowest BCUT2D eigenvalue weighted by molar-refractivity contribution is -0.263. The van der Waals surface area contributed by atoms with Crippen molar-refractivity contribution in [3.63, 3.8) is 0 Å². The molecule has 4 aromatic carbocycles. The fourth-order valence-corrected chi connectivity index (χ4v) is 6.93. The van der Waals surface area contributed by atoms with E-state index in [9.17, 15) is 14.7 Å². The van der Waals surface area contributed by atoms with E-state index >= 15 is 0 Å². The molecule has 0 aromatic heterocycles. The summed E-state index contributed by atoms with van der Waals surface area (Å²) < 4.78 is 42.8. The molecule has 0 radical (unpaired) electrons. The highest BCUT2D eigenvalue weighted by Crippen LogP contribution is 2.47. The molecular weight excluding hydrogens is 728 g/mol. The van der Waals surface area contributed by atoms with E-state index in [1.807, 2.05) is 54.6 Å². The van der Waals surface area contributed by atoms with Crippen LogP contribution in [0.25, 0.3) is 0 Å². The third kappa shape index (κ3) is 12.8. The summed E-state index contributed by atoms with van der Waals surface area (Å²) in [4.78, 5) is 27.8. The van der Waals surface area contributed by atoms with E-state index in [4.69, 9.17) is 33.2 Å². The van der Waals surface area contributed by atoms with Crippen LogP contribution in [0.5, 0.6) is 0 Å². The van der Waals surface area contributed by atoms with Crippen molar-refractivity contribution in [3.05, 3.63) is 137 Å². The third-order valence-corrected chi connectivity index (χ3v) is 9.95. The quantitative estimate of drug-likeness (QED) is 0.195. The Kier molecular flexibility index (Phi) is 16.7. The fourth-order valence-electron chi connectivity index (χ4n) is 6.93. The summed E-state index contributed by atoms with van der Waals surface area (Å²) in [7, 11) is 0. The second-order valence-corrected chi connectivity index (χ2v) is 14.0. The van der Waals surface area contributed by atoms with Gasteiger partial charge in [-0.3, -0.25) is 14.5 Å². The van der Waals surface area contributed by atoms with E-state index in [1.165, 1.54) is 6.92 Å². The maximum atomic E-state index is 13.6. The Morgan fingerprint density at radius 2 is 1.21 bits per heavy atom. The van der Waals surface area contributed by atoms with Crippen LogP contribution in [0.3, 0.4) is 0 Å². The molecule has 304 valence electrons. The first-order chi connectivity index (χ1) is 28.0. The van der Waals surface area contributed by atoms with Crippen LogP contribution in [-0.2, 0) is 39.8 Å². The normalized spacial score (nSPS) is 22.5. The topological polar surface area (TPSA) is 134 Å². The maximum Gasteiger partial charge on any atom is 0.255 e. The highest BCUT2D eigenvalue weighted by molar-refractivity contribution is 6.05. The van der Waals surface area contributed by atoms with Crippen molar-refractivity contribution in [2.75, 3.05) is 91.0 Å². The highest BCUT2D eigenvalue weighted by atomic mass is 16.7. The number of hydrogen-bond acceptors (Lipinski definition) is 11. The minimum Gasteiger partial charge on any atom is -0.392 e. The lowest BCUT2D eigenvalue weighted by Gasteiger charge is -2.44. The fraction of sp³-hybridized carbons (Fsp3) is 0.422. The summed E-state index contributed by atoms with van der Waals surface area (Å²) in [6, 6.07) is 32.2. The molecule has 57 heavy (non-hydrogen) atoms. The number of nitrogens with zero attached hydrogens (tertiary/aromatic N) is 1. The second kappa shape index (κ2) is 22.6. The van der Waals surface area contributed by atoms with Crippen LogP contribution >= 0.6 is 0 Å². The van der Waals surface area contributed by atoms with Crippen LogP contribution in [0.2, 0.25) is 0 Å². The molecule has 6 rings (SSSR count). The molecule has 12 nitrogen and oxygen atoms in total. The smallest absolute Gasteiger partial charge is 0.255 e. The number of anilines is 1. The molecule has 1 amide bonds. The van der Waals surface area contributed by atoms with Crippen LogP contribution in [0.15, 0.2) is 103 Å². The zero-order valence-electron chi connectivity index (χ0n) is 32.6. The molecule has 0 bridgehead atoms. The first-order valence-corrected chi connectivity index (χ1v) is 19.7. The molecule has 2 N–H and O–H groups in total. The van der Waals surface area contributed by atoms with Gasteiger partial charge in [-0.05, 0) is 47.9 Å². The van der Waals surface area contributed by atoms with E-state index in [1.54, 1.807) is 36.4 Å². The van der Waals surface area contributed by atoms with E-state index < -0.39 is 12.4 Å². The molecule has 2 saturated heterocycles. The van der Waals surface area contributed by atoms with Crippen molar-refractivity contribution in [2.24, 2.45) is 0 Å². The lowest BCUT2D eigenvalue weighted by Crippen LogP contribution is -2.46. The van der Waals surface area contributed by atoms with Crippen LogP contribution in [0, 0.1) is 0 Å². The van der Waals surface area contributed by atoms with Crippen molar-refractivity contribution in [1.29, 1.82) is 0 Å². The van der Waals surface area contributed by atoms with Gasteiger partial charge >= 0.3 is 0 Å². The van der Waals surface area contributed by atoms with Gasteiger partial charge in [0.1, 0.15) is 0 Å². The number of carbonyl (C=O) groups is 2. The van der Waals surface area contributed by atoms with Crippen LogP contribution in [0.4, 0.5) is 5.69 Å². The van der Waals surface area contributed by atoms with Crippen LogP contribution in [-0.4, -0.2) is 114 Å². The number of nitrogens with one attached hydrogen (secondary N) is 1. The van der Waals surface area contributed by atoms with Gasteiger partial charge in [-0.25, -0.2) is 0 Å². The predicted molar refractivity (Wildman–Crippen MR) is 214 cm³/mol. The monoisotopic (exact) mass is 782 g/mol. The van der Waals surface area contributed by atoms with Crippen molar-refractivity contribution in [1.82, 2.24) is 4.90 Å². The van der Waals surface area contributed by atoms with Gasteiger partial charge in [-0.2, -0.15) is 0 Å². The van der Waals surface area contributed by atoms with Crippen molar-refractivity contribution >= 4 is 17.4 Å². The zero-order chi connectivity index (χ0) is 39.7. The summed E-state index contributed by atoms with van der Waals surface area (Å²) in [6.45, 7) is 8.08. The predicted octanol–water partition coefficient (Wildman–Crippen LogP) is 5.97. The number of Topliss-reactive ketones (excluding diaryl/α,β-unsaturated/α-hetero) is 1. The lowest BCUT2D eigenvalue weighted by atomic mass is 9.83. The first kappa shape index (κ1) is 42.3. The van der Waals surface area contributed by atoms with Gasteiger partial charge in [0.15, 0.2) is 12.1 Å². The number of amides is 1. The SMILES string of the molecule is CC(=O)c1cccc(NC(=O)c2cccc(C3O[C@H](CN4CCOCCOCCOCCOCCOCC4)[C@@H](c4ccccc4)[C@H](c4ccc(CO)cc4)O3)c2)c1. The Bertz CT molecular complexity index is 1810. The van der Waals surface area contributed by atoms with Crippen LogP contribution in [0.1, 0.15) is 68.2 Å². The summed E-state index contributed by atoms with van der Waals surface area (Å²) in [5.41, 5.74) is 4.94. The van der Waals surface area contributed by atoms with Gasteiger partial charge in [0.05, 0.1) is 84.9 Å². The first-order valence-electron chi connectivity index (χ1n) is 19.7. The molecule has 0 saturated carbocycles. The van der Waals surface area contributed by atoms with E-state index in [2.05, 4.69) is 22.3 Å². The molecule has 1 unspecified atom stereocenters. The number of hydrogen-bond donors (Lipinski definition) is 2. The summed E-state index contributed by atoms with van der Waals surface area (Å²) in [5.74, 6) is -0.629. The summed E-state index contributed by atoms with van der Waals surface area (Å²) in [6.07, 6.45) is -1.63. The number of aliphatic hydroxyl groups is 1. The highest BCUT2D eigenvalue weighted by Gasteiger charge is 2.42. The Balaban J connectivity index is 1.28. The Morgan fingerprint density at radius 3 is 1.82 bits per heavy atom. The third-order valence-electron chi connectivity index (χ3n) is 9.95. The molecule has 0 spiro atoms. The minimum absolute atomic E-state index is 0.0675. The number of benzene rings is 4. The number of carbonyl (C=O) groups excluding carboxylic acids is 2. The number of ether oxygens (including phenoxy) is 7. The molecule has 0 aliphatic carbocycles. The largest absolute Gasteiger partial charge is 0.392 e. The summed E-state index contributed by atoms with van der Waals surface area (Å²) >= 11 is 0. The summed E-state index contributed by atoms with van der Waals surface area (Å²) in [5, 5.41) is 12.8. The zero-order valence-corrected chi connectivity index (χ0v) is 32.6. The Hall–Kier alpha value is -4.34. The van der Waals surface area contributed by atoms with Gasteiger partial charge in [0, 0.05) is 47.9 Å². The molecular formula is C45H54N2O10. The van der Waals surface area contributed by atoms with Crippen LogP contribution < -0.4 is 5.32 Å². The molecule has 2 heterocycles. The van der Waals surface area contributed by atoms with Crippen molar-refractivity contribution in [3.8, 4) is 0 Å². The van der Waals surface area contributed by atoms with Gasteiger partial charge < -0.3 is 43.6 Å². The molecule has 2 fully saturated rings. The standard InChI is InChI=1S/C45H54N2O10/c1-33(49)37-9-6-12-40(30-37)46-44(50)38-10-5-11-39(29-38)45-56-41(31-47-17-19-51-21-23-53-25-27-55-28-26-54-24-22-52-20-18-47)42(35-7-3-2-4-8-35)43(57-45)36-15-13-34(32-48)14-16-36/h2-16,29-30,41-43,45,48H,17-28,31-32H2,1H3,(H,46,50)/t41-,42-,43+,45?/m1/s1. The van der Waals surface area contributed by atoms with Crippen molar-refractivity contribution in [2.45, 2.75) is 37.9 Å². The van der Waals surface area contributed by atoms with E-state index in [0.29, 0.717) is 108 Å². The molecule has 4 atom stereocenters. The van der Waals surface area contributed by atoms with Crippen molar-refractivity contribution < 1.29 is 47.9 Å². The van der Waals surface area contributed by atoms with E-state index in [-0.39, 0.29) is 30.3 Å². The molecule has 2 aliphatic rings. The molecule has 12 heteroatoms. The van der Waals surface area contributed by atoms with Gasteiger partial charge in [0.25, 0.3) is 5.91 Å². The Labute approximate surface area is 334 Å². The Morgan fingerprint density at radius 1 is 0.632 bits per heavy atom. The second-order valence-electron chi connectivity index (χ2n) is 14.0. The van der Waals surface area contributed by atoms with Gasteiger partial charge in [-0.15, -0.1) is 0 Å². The van der Waals surface area contributed by atoms with Gasteiger partial charge in [-0.1, -0.05) is 78.9 Å².